The second kappa shape index (κ2) is 2.91. The Labute approximate surface area is 68.3 Å². The standard InChI is InChI=1S/C6H5N5O/c7-1-3-5(9)4(2-8)11-12-6(3)10/h5H,9-10H2. The van der Waals surface area contributed by atoms with Gasteiger partial charge >= 0.3 is 0 Å². The number of rotatable bonds is 0. The molecule has 6 nitrogen and oxygen atoms in total. The first-order valence-electron chi connectivity index (χ1n) is 3.01. The van der Waals surface area contributed by atoms with Crippen molar-refractivity contribution >= 4 is 5.71 Å². The lowest BCUT2D eigenvalue weighted by Gasteiger charge is -2.13. The fourth-order valence-corrected chi connectivity index (χ4v) is 0.709. The maximum absolute atomic E-state index is 8.53. The Morgan fingerprint density at radius 2 is 2.08 bits per heavy atom. The van der Waals surface area contributed by atoms with E-state index < -0.39 is 6.04 Å². The van der Waals surface area contributed by atoms with Crippen molar-refractivity contribution in [2.75, 3.05) is 0 Å². The molecule has 0 aromatic carbocycles. The molecule has 12 heavy (non-hydrogen) atoms. The summed E-state index contributed by atoms with van der Waals surface area (Å²) in [6.45, 7) is 0. The molecule has 1 heterocycles. The van der Waals surface area contributed by atoms with Crippen LogP contribution < -0.4 is 11.5 Å². The molecule has 60 valence electrons. The Hall–Kier alpha value is -2.05. The number of hydrogen-bond donors (Lipinski definition) is 2. The summed E-state index contributed by atoms with van der Waals surface area (Å²) < 4.78 is 0. The number of nitriles is 2. The Morgan fingerprint density at radius 3 is 2.58 bits per heavy atom. The van der Waals surface area contributed by atoms with E-state index in [0.29, 0.717) is 0 Å². The zero-order valence-electron chi connectivity index (χ0n) is 5.98. The van der Waals surface area contributed by atoms with E-state index in [1.165, 1.54) is 0 Å². The Morgan fingerprint density at radius 1 is 1.42 bits per heavy atom. The number of hydrogen-bond acceptors (Lipinski definition) is 6. The topological polar surface area (TPSA) is 121 Å². The highest BCUT2D eigenvalue weighted by molar-refractivity contribution is 6.05. The van der Waals surface area contributed by atoms with E-state index in [9.17, 15) is 0 Å². The van der Waals surface area contributed by atoms with E-state index in [1.54, 1.807) is 12.1 Å². The second-order valence-electron chi connectivity index (χ2n) is 2.05. The summed E-state index contributed by atoms with van der Waals surface area (Å²) in [5.41, 5.74) is 10.7. The maximum Gasteiger partial charge on any atom is 0.236 e. The molecule has 0 aliphatic carbocycles. The van der Waals surface area contributed by atoms with Crippen LogP contribution in [0.25, 0.3) is 0 Å². The lowest BCUT2D eigenvalue weighted by Crippen LogP contribution is -2.36. The predicted molar refractivity (Wildman–Crippen MR) is 38.9 cm³/mol. The maximum atomic E-state index is 8.53. The SMILES string of the molecule is N#CC1=NOC(N)=C(C#N)C1N. The van der Waals surface area contributed by atoms with Crippen LogP contribution in [-0.4, -0.2) is 11.8 Å². The van der Waals surface area contributed by atoms with E-state index in [4.69, 9.17) is 22.0 Å². The van der Waals surface area contributed by atoms with Gasteiger partial charge in [-0.1, -0.05) is 5.16 Å². The number of nitrogens with zero attached hydrogens (tertiary/aromatic N) is 3. The lowest BCUT2D eigenvalue weighted by atomic mass is 10.1. The zero-order chi connectivity index (χ0) is 9.14. The number of oxime groups is 1. The summed E-state index contributed by atoms with van der Waals surface area (Å²) in [4.78, 5) is 4.48. The van der Waals surface area contributed by atoms with Gasteiger partial charge in [-0.3, -0.25) is 0 Å². The molecular formula is C6H5N5O. The summed E-state index contributed by atoms with van der Waals surface area (Å²) in [7, 11) is 0. The minimum atomic E-state index is -0.867. The van der Waals surface area contributed by atoms with Crippen molar-refractivity contribution in [1.29, 1.82) is 10.5 Å². The first kappa shape index (κ1) is 8.05. The molecule has 0 spiro atoms. The molecule has 0 aromatic rings. The van der Waals surface area contributed by atoms with Crippen LogP contribution in [0.1, 0.15) is 0 Å². The van der Waals surface area contributed by atoms with Crippen molar-refractivity contribution in [1.82, 2.24) is 0 Å². The van der Waals surface area contributed by atoms with Gasteiger partial charge < -0.3 is 16.3 Å². The summed E-state index contributed by atoms with van der Waals surface area (Å²) in [5, 5.41) is 20.3. The highest BCUT2D eigenvalue weighted by Gasteiger charge is 2.25. The summed E-state index contributed by atoms with van der Waals surface area (Å²) >= 11 is 0. The summed E-state index contributed by atoms with van der Waals surface area (Å²) in [5.74, 6) is -0.149. The van der Waals surface area contributed by atoms with Gasteiger partial charge in [0, 0.05) is 0 Å². The molecule has 0 saturated heterocycles. The van der Waals surface area contributed by atoms with Gasteiger partial charge in [0.2, 0.25) is 5.88 Å². The molecule has 0 saturated carbocycles. The van der Waals surface area contributed by atoms with Crippen LogP contribution in [0.15, 0.2) is 16.6 Å². The normalized spacial score (nSPS) is 21.9. The molecule has 0 bridgehead atoms. The van der Waals surface area contributed by atoms with Crippen molar-refractivity contribution in [2.45, 2.75) is 6.04 Å². The molecule has 1 atom stereocenters. The van der Waals surface area contributed by atoms with Crippen molar-refractivity contribution < 1.29 is 4.84 Å². The molecule has 1 aliphatic rings. The first-order valence-corrected chi connectivity index (χ1v) is 3.01. The fourth-order valence-electron chi connectivity index (χ4n) is 0.709. The highest BCUT2D eigenvalue weighted by atomic mass is 16.6. The van der Waals surface area contributed by atoms with Gasteiger partial charge in [0.15, 0.2) is 5.71 Å². The van der Waals surface area contributed by atoms with Crippen LogP contribution in [0.2, 0.25) is 0 Å². The van der Waals surface area contributed by atoms with Crippen molar-refractivity contribution in [3.8, 4) is 12.1 Å². The minimum Gasteiger partial charge on any atom is -0.367 e. The lowest BCUT2D eigenvalue weighted by molar-refractivity contribution is 0.214. The van der Waals surface area contributed by atoms with E-state index in [0.717, 1.165) is 0 Å². The van der Waals surface area contributed by atoms with E-state index in [2.05, 4.69) is 9.99 Å². The van der Waals surface area contributed by atoms with Crippen molar-refractivity contribution in [2.24, 2.45) is 16.6 Å². The molecule has 0 radical (unpaired) electrons. The average Bonchev–Trinajstić information content (AvgIpc) is 2.06. The van der Waals surface area contributed by atoms with Crippen LogP contribution >= 0.6 is 0 Å². The molecule has 4 N–H and O–H groups in total. The molecule has 0 fully saturated rings. The fraction of sp³-hybridized carbons (Fsp3) is 0.167. The van der Waals surface area contributed by atoms with E-state index in [1.807, 2.05) is 0 Å². The Balaban J connectivity index is 3.04. The molecule has 1 unspecified atom stereocenters. The molecular weight excluding hydrogens is 158 g/mol. The zero-order valence-corrected chi connectivity index (χ0v) is 5.98. The summed E-state index contributed by atoms with van der Waals surface area (Å²) in [6.07, 6.45) is 0. The van der Waals surface area contributed by atoms with Crippen LogP contribution in [-0.2, 0) is 4.84 Å². The quantitative estimate of drug-likeness (QED) is 0.470. The number of nitrogens with two attached hydrogens (primary N) is 2. The molecule has 0 aromatic heterocycles. The third kappa shape index (κ3) is 1.07. The summed E-state index contributed by atoms with van der Waals surface area (Å²) in [6, 6.07) is 2.57. The first-order chi connectivity index (χ1) is 5.70. The third-order valence-electron chi connectivity index (χ3n) is 1.35. The largest absolute Gasteiger partial charge is 0.367 e. The second-order valence-corrected chi connectivity index (χ2v) is 2.05. The molecule has 1 rings (SSSR count). The van der Waals surface area contributed by atoms with Gasteiger partial charge in [-0.25, -0.2) is 0 Å². The van der Waals surface area contributed by atoms with Crippen LogP contribution in [0, 0.1) is 22.7 Å². The van der Waals surface area contributed by atoms with Crippen LogP contribution in [0.5, 0.6) is 0 Å². The van der Waals surface area contributed by atoms with Gasteiger partial charge in [0.1, 0.15) is 23.8 Å². The van der Waals surface area contributed by atoms with Gasteiger partial charge in [-0.2, -0.15) is 10.5 Å². The van der Waals surface area contributed by atoms with Gasteiger partial charge in [0.25, 0.3) is 0 Å². The van der Waals surface area contributed by atoms with Crippen molar-refractivity contribution in [3.63, 3.8) is 0 Å². The Kier molecular flexibility index (Phi) is 1.95. The minimum absolute atomic E-state index is 0.0292. The van der Waals surface area contributed by atoms with Crippen molar-refractivity contribution in [3.05, 3.63) is 11.5 Å². The van der Waals surface area contributed by atoms with Gasteiger partial charge in [0.05, 0.1) is 0 Å². The average molecular weight is 163 g/mol. The smallest absolute Gasteiger partial charge is 0.236 e. The van der Waals surface area contributed by atoms with E-state index >= 15 is 0 Å². The monoisotopic (exact) mass is 163 g/mol. The molecule has 0 amide bonds. The van der Waals surface area contributed by atoms with Crippen LogP contribution in [0.4, 0.5) is 0 Å². The predicted octanol–water partition coefficient (Wildman–Crippen LogP) is -1.08. The molecule has 6 heteroatoms. The van der Waals surface area contributed by atoms with Gasteiger partial charge in [-0.15, -0.1) is 0 Å². The molecule has 1 aliphatic heterocycles. The third-order valence-corrected chi connectivity index (χ3v) is 1.35. The van der Waals surface area contributed by atoms with Crippen LogP contribution in [0.3, 0.4) is 0 Å². The highest BCUT2D eigenvalue weighted by Crippen LogP contribution is 2.11. The van der Waals surface area contributed by atoms with E-state index in [-0.39, 0.29) is 17.2 Å². The van der Waals surface area contributed by atoms with Gasteiger partial charge in [-0.05, 0) is 0 Å². The Bertz CT molecular complexity index is 342.